The predicted molar refractivity (Wildman–Crippen MR) is 77.0 cm³/mol. The first-order valence-corrected chi connectivity index (χ1v) is 6.93. The third-order valence-electron chi connectivity index (χ3n) is 3.35. The Morgan fingerprint density at radius 1 is 1.21 bits per heavy atom. The molecule has 114 valence electrons. The molecule has 19 heavy (non-hydrogen) atoms. The number of rotatable bonds is 11. The second kappa shape index (κ2) is 10.2. The second-order valence-electron chi connectivity index (χ2n) is 5.63. The molecule has 0 radical (unpaired) electrons. The van der Waals surface area contributed by atoms with E-state index < -0.39 is 0 Å². The minimum Gasteiger partial charge on any atom is -0.469 e. The highest BCUT2D eigenvalue weighted by atomic mass is 16.5. The maximum atomic E-state index is 11.2. The van der Waals surface area contributed by atoms with Crippen LogP contribution in [0.25, 0.3) is 0 Å². The molecular formula is C14H30N2O3. The number of carbonyl (C=O) groups excluding carboxylic acids is 1. The molecule has 0 aliphatic rings. The average molecular weight is 274 g/mol. The molecule has 0 bridgehead atoms. The van der Waals surface area contributed by atoms with Gasteiger partial charge in [-0.2, -0.15) is 0 Å². The zero-order valence-electron chi connectivity index (χ0n) is 12.9. The van der Waals surface area contributed by atoms with Crippen molar-refractivity contribution in [3.63, 3.8) is 0 Å². The van der Waals surface area contributed by atoms with Crippen LogP contribution in [0.5, 0.6) is 0 Å². The maximum absolute atomic E-state index is 11.2. The molecule has 5 nitrogen and oxygen atoms in total. The van der Waals surface area contributed by atoms with Gasteiger partial charge in [0.05, 0.1) is 20.1 Å². The van der Waals surface area contributed by atoms with Gasteiger partial charge in [0.15, 0.2) is 0 Å². The Morgan fingerprint density at radius 3 is 2.42 bits per heavy atom. The van der Waals surface area contributed by atoms with Gasteiger partial charge in [-0.05, 0) is 31.3 Å². The van der Waals surface area contributed by atoms with Gasteiger partial charge >= 0.3 is 5.97 Å². The average Bonchev–Trinajstić information content (AvgIpc) is 2.40. The van der Waals surface area contributed by atoms with Gasteiger partial charge in [-0.25, -0.2) is 0 Å². The first-order chi connectivity index (χ1) is 8.95. The molecule has 0 amide bonds. The van der Waals surface area contributed by atoms with Crippen LogP contribution in [0.3, 0.4) is 0 Å². The zero-order valence-corrected chi connectivity index (χ0v) is 12.9. The molecule has 2 N–H and O–H groups in total. The maximum Gasteiger partial charge on any atom is 0.306 e. The highest BCUT2D eigenvalue weighted by molar-refractivity contribution is 5.69. The fourth-order valence-electron chi connectivity index (χ4n) is 1.79. The number of hydrogen-bond donors (Lipinski definition) is 1. The topological polar surface area (TPSA) is 64.8 Å². The van der Waals surface area contributed by atoms with Gasteiger partial charge in [0.2, 0.25) is 0 Å². The number of ether oxygens (including phenoxy) is 2. The minimum atomic E-state index is -0.162. The summed E-state index contributed by atoms with van der Waals surface area (Å²) in [6, 6.07) is 0. The summed E-state index contributed by atoms with van der Waals surface area (Å²) in [5.74, 6) is -0.162. The summed E-state index contributed by atoms with van der Waals surface area (Å²) in [4.78, 5) is 13.4. The lowest BCUT2D eigenvalue weighted by Gasteiger charge is -2.26. The molecule has 0 spiro atoms. The smallest absolute Gasteiger partial charge is 0.306 e. The van der Waals surface area contributed by atoms with Gasteiger partial charge in [-0.3, -0.25) is 4.79 Å². The summed E-state index contributed by atoms with van der Waals surface area (Å²) >= 11 is 0. The molecule has 5 heteroatoms. The van der Waals surface area contributed by atoms with E-state index in [9.17, 15) is 4.79 Å². The van der Waals surface area contributed by atoms with Crippen LogP contribution in [0, 0.1) is 5.41 Å². The molecule has 0 saturated heterocycles. The van der Waals surface area contributed by atoms with E-state index in [1.165, 1.54) is 7.11 Å². The number of carbonyl (C=O) groups is 1. The van der Waals surface area contributed by atoms with E-state index in [1.807, 2.05) is 0 Å². The molecule has 0 aromatic rings. The van der Waals surface area contributed by atoms with Crippen LogP contribution in [0.1, 0.15) is 33.1 Å². The van der Waals surface area contributed by atoms with Crippen LogP contribution in [-0.4, -0.2) is 57.9 Å². The number of esters is 1. The van der Waals surface area contributed by atoms with Gasteiger partial charge in [0.25, 0.3) is 0 Å². The van der Waals surface area contributed by atoms with Gasteiger partial charge in [-0.15, -0.1) is 0 Å². The van der Waals surface area contributed by atoms with Crippen molar-refractivity contribution in [2.24, 2.45) is 11.1 Å². The zero-order chi connectivity index (χ0) is 14.7. The standard InChI is InChI=1S/C14H30N2O3/c1-14(2,12-15)7-5-8-16(10-11-18-3)9-6-13(17)19-4/h5-12,15H2,1-4H3. The molecule has 0 heterocycles. The van der Waals surface area contributed by atoms with Crippen molar-refractivity contribution in [3.8, 4) is 0 Å². The van der Waals surface area contributed by atoms with Gasteiger partial charge in [0.1, 0.15) is 0 Å². The highest BCUT2D eigenvalue weighted by Gasteiger charge is 2.16. The molecule has 0 aliphatic heterocycles. The van der Waals surface area contributed by atoms with Crippen molar-refractivity contribution in [1.29, 1.82) is 0 Å². The first kappa shape index (κ1) is 18.4. The normalized spacial score (nSPS) is 11.9. The Hall–Kier alpha value is -0.650. The Morgan fingerprint density at radius 2 is 1.89 bits per heavy atom. The van der Waals surface area contributed by atoms with Crippen LogP contribution in [0.15, 0.2) is 0 Å². The summed E-state index contributed by atoms with van der Waals surface area (Å²) in [6.45, 7) is 8.27. The van der Waals surface area contributed by atoms with Gasteiger partial charge in [-0.1, -0.05) is 13.8 Å². The molecule has 0 saturated carbocycles. The van der Waals surface area contributed by atoms with Gasteiger partial charge in [0, 0.05) is 20.2 Å². The third kappa shape index (κ3) is 9.87. The Balaban J connectivity index is 4.01. The quantitative estimate of drug-likeness (QED) is 0.575. The van der Waals surface area contributed by atoms with Crippen molar-refractivity contribution in [3.05, 3.63) is 0 Å². The van der Waals surface area contributed by atoms with Crippen LogP contribution in [0.4, 0.5) is 0 Å². The van der Waals surface area contributed by atoms with Crippen molar-refractivity contribution < 1.29 is 14.3 Å². The third-order valence-corrected chi connectivity index (χ3v) is 3.35. The van der Waals surface area contributed by atoms with Crippen molar-refractivity contribution in [1.82, 2.24) is 4.90 Å². The van der Waals surface area contributed by atoms with Crippen molar-refractivity contribution >= 4 is 5.97 Å². The molecule has 0 aromatic carbocycles. The second-order valence-corrected chi connectivity index (χ2v) is 5.63. The fraction of sp³-hybridized carbons (Fsp3) is 0.929. The SMILES string of the molecule is COCCN(CCCC(C)(C)CN)CCC(=O)OC. The van der Waals surface area contributed by atoms with Crippen molar-refractivity contribution in [2.45, 2.75) is 33.1 Å². The lowest BCUT2D eigenvalue weighted by molar-refractivity contribution is -0.141. The van der Waals surface area contributed by atoms with Crippen LogP contribution < -0.4 is 5.73 Å². The van der Waals surface area contributed by atoms with Crippen LogP contribution >= 0.6 is 0 Å². The molecule has 0 unspecified atom stereocenters. The van der Waals surface area contributed by atoms with E-state index in [0.717, 1.165) is 32.5 Å². The Labute approximate surface area is 117 Å². The van der Waals surface area contributed by atoms with E-state index in [-0.39, 0.29) is 11.4 Å². The van der Waals surface area contributed by atoms with E-state index in [1.54, 1.807) is 7.11 Å². The lowest BCUT2D eigenvalue weighted by Crippen LogP contribution is -2.32. The monoisotopic (exact) mass is 274 g/mol. The molecule has 0 rings (SSSR count). The summed E-state index contributed by atoms with van der Waals surface area (Å²) in [6.07, 6.45) is 2.60. The minimum absolute atomic E-state index is 0.162. The fourth-order valence-corrected chi connectivity index (χ4v) is 1.79. The largest absolute Gasteiger partial charge is 0.469 e. The summed E-state index contributed by atoms with van der Waals surface area (Å²) in [5.41, 5.74) is 5.91. The van der Waals surface area contributed by atoms with Crippen LogP contribution in [-0.2, 0) is 14.3 Å². The number of methoxy groups -OCH3 is 2. The number of nitrogens with two attached hydrogens (primary N) is 1. The Bertz CT molecular complexity index is 245. The van der Waals surface area contributed by atoms with E-state index in [4.69, 9.17) is 10.5 Å². The summed E-state index contributed by atoms with van der Waals surface area (Å²) in [5, 5.41) is 0. The van der Waals surface area contributed by atoms with E-state index >= 15 is 0 Å². The molecule has 0 aliphatic carbocycles. The van der Waals surface area contributed by atoms with Crippen molar-refractivity contribution in [2.75, 3.05) is 47.0 Å². The number of hydrogen-bond acceptors (Lipinski definition) is 5. The Kier molecular flexibility index (Phi) is 9.83. The van der Waals surface area contributed by atoms with Gasteiger partial charge < -0.3 is 20.1 Å². The van der Waals surface area contributed by atoms with Crippen LogP contribution in [0.2, 0.25) is 0 Å². The lowest BCUT2D eigenvalue weighted by atomic mass is 9.88. The predicted octanol–water partition coefficient (Wildman–Crippen LogP) is 1.26. The molecule has 0 fully saturated rings. The van der Waals surface area contributed by atoms with E-state index in [2.05, 4.69) is 23.5 Å². The number of nitrogens with zero attached hydrogens (tertiary/aromatic N) is 1. The molecule has 0 aromatic heterocycles. The molecular weight excluding hydrogens is 244 g/mol. The summed E-state index contributed by atoms with van der Waals surface area (Å²) in [7, 11) is 3.11. The first-order valence-electron chi connectivity index (χ1n) is 6.93. The summed E-state index contributed by atoms with van der Waals surface area (Å²) < 4.78 is 9.76. The highest BCUT2D eigenvalue weighted by Crippen LogP contribution is 2.20. The van der Waals surface area contributed by atoms with E-state index in [0.29, 0.717) is 19.6 Å². The molecule has 0 atom stereocenters.